The number of benzene rings is 2. The first-order valence-electron chi connectivity index (χ1n) is 12.8. The van der Waals surface area contributed by atoms with E-state index in [1.807, 2.05) is 0 Å². The Morgan fingerprint density at radius 3 is 2.34 bits per heavy atom. The molecule has 0 spiro atoms. The second kappa shape index (κ2) is 13.7. The maximum absolute atomic E-state index is 14.0. The molecule has 12 nitrogen and oxygen atoms in total. The van der Waals surface area contributed by atoms with Gasteiger partial charge < -0.3 is 19.3 Å². The number of carbonyl (C=O) groups excluding carboxylic acids is 4. The van der Waals surface area contributed by atoms with Gasteiger partial charge in [0.15, 0.2) is 4.98 Å². The second-order valence-corrected chi connectivity index (χ2v) is 8.98. The van der Waals surface area contributed by atoms with E-state index >= 15 is 0 Å². The largest absolute Gasteiger partial charge is 0.528 e. The molecule has 4 amide bonds. The molecule has 1 saturated heterocycles. The normalized spacial score (nSPS) is 19.0. The smallest absolute Gasteiger partial charge is 0.475 e. The molecule has 12 heteroatoms. The number of carbonyl (C=O) groups is 4. The SMILES string of the molecule is C=CCc1ccccc1C1C(C(=O)OCC)C(C)N(C(=O)OCc2ccccc2)C(=O)N1C(=O)/C([N+]#N)=C(\O)OC. The summed E-state index contributed by atoms with van der Waals surface area (Å²) in [6, 6.07) is 11.8. The molecule has 2 aromatic carbocycles. The van der Waals surface area contributed by atoms with Crippen LogP contribution in [0.1, 0.15) is 36.6 Å². The molecule has 0 radical (unpaired) electrons. The third kappa shape index (κ3) is 6.36. The van der Waals surface area contributed by atoms with Gasteiger partial charge in [0, 0.05) is 0 Å². The zero-order chi connectivity index (χ0) is 30.1. The van der Waals surface area contributed by atoms with Crippen molar-refractivity contribution in [1.29, 1.82) is 5.39 Å². The van der Waals surface area contributed by atoms with E-state index < -0.39 is 53.6 Å². The van der Waals surface area contributed by atoms with Gasteiger partial charge in [-0.3, -0.25) is 9.59 Å². The van der Waals surface area contributed by atoms with Crippen molar-refractivity contribution in [2.24, 2.45) is 5.92 Å². The number of rotatable bonds is 9. The van der Waals surface area contributed by atoms with Crippen LogP contribution in [0, 0.1) is 11.3 Å². The highest BCUT2D eigenvalue weighted by atomic mass is 16.6. The fourth-order valence-electron chi connectivity index (χ4n) is 4.69. The molecule has 2 aromatic rings. The minimum atomic E-state index is -1.35. The third-order valence-electron chi connectivity index (χ3n) is 6.57. The highest BCUT2D eigenvalue weighted by molar-refractivity contribution is 6.09. The molecule has 1 aliphatic heterocycles. The summed E-state index contributed by atoms with van der Waals surface area (Å²) in [5.41, 5.74) is 0.618. The average molecular weight is 564 g/mol. The lowest BCUT2D eigenvalue weighted by Crippen LogP contribution is -2.64. The molecule has 41 heavy (non-hydrogen) atoms. The van der Waals surface area contributed by atoms with Crippen LogP contribution in [-0.2, 0) is 36.8 Å². The number of methoxy groups -OCH3 is 1. The van der Waals surface area contributed by atoms with Gasteiger partial charge in [-0.1, -0.05) is 60.7 Å². The molecule has 1 N–H and O–H groups in total. The van der Waals surface area contributed by atoms with E-state index in [1.165, 1.54) is 6.92 Å². The number of aliphatic hydroxyl groups excluding tert-OH is 1. The molecule has 0 aromatic heterocycles. The van der Waals surface area contributed by atoms with Crippen LogP contribution in [0.15, 0.2) is 78.9 Å². The molecule has 1 fully saturated rings. The van der Waals surface area contributed by atoms with Gasteiger partial charge in [0.05, 0.1) is 25.8 Å². The van der Waals surface area contributed by atoms with Gasteiger partial charge in [-0.2, -0.15) is 0 Å². The molecule has 0 bridgehead atoms. The molecule has 0 saturated carbocycles. The van der Waals surface area contributed by atoms with Crippen LogP contribution in [0.2, 0.25) is 0 Å². The van der Waals surface area contributed by atoms with E-state index in [0.717, 1.165) is 7.11 Å². The van der Waals surface area contributed by atoms with Crippen LogP contribution >= 0.6 is 0 Å². The van der Waals surface area contributed by atoms with Crippen molar-refractivity contribution in [1.82, 2.24) is 9.80 Å². The topological polar surface area (TPSA) is 151 Å². The summed E-state index contributed by atoms with van der Waals surface area (Å²) in [4.78, 5) is 58.7. The van der Waals surface area contributed by atoms with Crippen LogP contribution in [0.3, 0.4) is 0 Å². The number of ether oxygens (including phenoxy) is 3. The summed E-state index contributed by atoms with van der Waals surface area (Å²) in [5, 5.41) is 19.7. The molecule has 1 heterocycles. The summed E-state index contributed by atoms with van der Waals surface area (Å²) in [5.74, 6) is -4.53. The van der Waals surface area contributed by atoms with Crippen molar-refractivity contribution in [3.63, 3.8) is 0 Å². The fourth-order valence-corrected chi connectivity index (χ4v) is 4.69. The standard InChI is InChI=1S/C29H30N4O8/c1-5-12-20-15-10-11-16-21(20)24-22(26(35)40-6-2)18(3)32(29(38)41-17-19-13-8-7-9-14-19)28(37)33(24)25(34)23(31-30)27(36)39-4/h5,7-11,13-16,18,22,24H,1,6,12,17H2,2-4H3/p+1. The van der Waals surface area contributed by atoms with E-state index in [1.54, 1.807) is 67.6 Å². The van der Waals surface area contributed by atoms with E-state index in [9.17, 15) is 29.7 Å². The van der Waals surface area contributed by atoms with Crippen molar-refractivity contribution in [3.8, 4) is 0 Å². The lowest BCUT2D eigenvalue weighted by Gasteiger charge is -2.46. The van der Waals surface area contributed by atoms with Crippen molar-refractivity contribution >= 4 is 24.0 Å². The average Bonchev–Trinajstić information content (AvgIpc) is 2.97. The Labute approximate surface area is 237 Å². The molecule has 3 unspecified atom stereocenters. The summed E-state index contributed by atoms with van der Waals surface area (Å²) >= 11 is 0. The number of amides is 4. The van der Waals surface area contributed by atoms with Gasteiger partial charge in [-0.25, -0.2) is 19.4 Å². The number of hydrogen-bond acceptors (Lipinski definition) is 9. The van der Waals surface area contributed by atoms with Gasteiger partial charge >= 0.3 is 35.6 Å². The highest BCUT2D eigenvalue weighted by Gasteiger charge is 2.57. The molecule has 3 rings (SSSR count). The number of diazo groups is 1. The number of urea groups is 1. The molecule has 3 atom stereocenters. The van der Waals surface area contributed by atoms with Crippen LogP contribution in [-0.4, -0.2) is 58.7 Å². The highest BCUT2D eigenvalue weighted by Crippen LogP contribution is 2.42. The van der Waals surface area contributed by atoms with Crippen LogP contribution in [0.4, 0.5) is 9.59 Å². The van der Waals surface area contributed by atoms with Crippen LogP contribution < -0.4 is 0 Å². The molecular weight excluding hydrogens is 532 g/mol. The Kier molecular flexibility index (Phi) is 10.2. The minimum Gasteiger partial charge on any atom is -0.475 e. The number of imide groups is 2. The van der Waals surface area contributed by atoms with E-state index in [4.69, 9.17) is 9.47 Å². The Hall–Kier alpha value is -5.18. The Bertz CT molecular complexity index is 1380. The Morgan fingerprint density at radius 1 is 1.07 bits per heavy atom. The van der Waals surface area contributed by atoms with Gasteiger partial charge in [0.2, 0.25) is 5.39 Å². The summed E-state index contributed by atoms with van der Waals surface area (Å²) in [7, 11) is 1.01. The van der Waals surface area contributed by atoms with Gasteiger partial charge in [0.1, 0.15) is 12.5 Å². The van der Waals surface area contributed by atoms with Crippen LogP contribution in [0.5, 0.6) is 0 Å². The van der Waals surface area contributed by atoms with Crippen molar-refractivity contribution in [2.75, 3.05) is 13.7 Å². The predicted molar refractivity (Wildman–Crippen MR) is 145 cm³/mol. The first-order valence-corrected chi connectivity index (χ1v) is 12.8. The first kappa shape index (κ1) is 30.4. The fraction of sp³-hybridized carbons (Fsp3) is 0.310. The van der Waals surface area contributed by atoms with Crippen LogP contribution in [0.25, 0.3) is 4.98 Å². The summed E-state index contributed by atoms with van der Waals surface area (Å²) < 4.78 is 15.4. The zero-order valence-corrected chi connectivity index (χ0v) is 22.9. The summed E-state index contributed by atoms with van der Waals surface area (Å²) in [6.45, 7) is 6.59. The molecular formula is C29H31N4O8+. The van der Waals surface area contributed by atoms with E-state index in [2.05, 4.69) is 16.3 Å². The van der Waals surface area contributed by atoms with Gasteiger partial charge in [0.25, 0.3) is 0 Å². The Balaban J connectivity index is 2.22. The predicted octanol–water partition coefficient (Wildman–Crippen LogP) is 4.85. The van der Waals surface area contributed by atoms with E-state index in [-0.39, 0.29) is 13.2 Å². The van der Waals surface area contributed by atoms with Crippen molar-refractivity contribution in [3.05, 3.63) is 101 Å². The molecule has 214 valence electrons. The maximum atomic E-state index is 14.0. The Morgan fingerprint density at radius 2 is 1.73 bits per heavy atom. The van der Waals surface area contributed by atoms with Crippen molar-refractivity contribution in [2.45, 2.75) is 39.0 Å². The van der Waals surface area contributed by atoms with Gasteiger partial charge in [-0.15, -0.1) is 6.58 Å². The quantitative estimate of drug-likeness (QED) is 0.148. The monoisotopic (exact) mass is 563 g/mol. The lowest BCUT2D eigenvalue weighted by molar-refractivity contribution is -0.155. The van der Waals surface area contributed by atoms with Gasteiger partial charge in [-0.05, 0) is 37.0 Å². The van der Waals surface area contributed by atoms with Crippen molar-refractivity contribution < 1.29 is 38.5 Å². The molecule has 1 aliphatic rings. The molecule has 0 aliphatic carbocycles. The first-order chi connectivity index (χ1) is 19.7. The number of hydrogen-bond donors (Lipinski definition) is 1. The zero-order valence-electron chi connectivity index (χ0n) is 22.9. The lowest BCUT2D eigenvalue weighted by atomic mass is 9.81. The second-order valence-electron chi connectivity index (χ2n) is 8.98. The number of esters is 1. The summed E-state index contributed by atoms with van der Waals surface area (Å²) in [6.07, 6.45) is 0.793. The number of aliphatic hydroxyl groups is 1. The third-order valence-corrected chi connectivity index (χ3v) is 6.57. The number of nitrogens with zero attached hydrogens (tertiary/aromatic N) is 4. The maximum Gasteiger partial charge on any atom is 0.528 e. The van der Waals surface area contributed by atoms with E-state index in [0.29, 0.717) is 32.9 Å². The minimum absolute atomic E-state index is 0.0228. The number of allylic oxidation sites excluding steroid dienone is 1.